The van der Waals surface area contributed by atoms with E-state index in [2.05, 4.69) is 15.5 Å². The van der Waals surface area contributed by atoms with E-state index in [9.17, 15) is 0 Å². The van der Waals surface area contributed by atoms with Gasteiger partial charge in [0.25, 0.3) is 0 Å². The Bertz CT molecular complexity index is 921. The number of hydrogen-bond donors (Lipinski definition) is 1. The molecule has 0 aliphatic heterocycles. The van der Waals surface area contributed by atoms with Crippen LogP contribution in [0.25, 0.3) is 11.5 Å². The number of aromatic nitrogens is 2. The number of anilines is 1. The molecule has 0 aliphatic rings. The summed E-state index contributed by atoms with van der Waals surface area (Å²) < 4.78 is 5.97. The van der Waals surface area contributed by atoms with Crippen LogP contribution in [0.2, 0.25) is 0 Å². The van der Waals surface area contributed by atoms with Crippen LogP contribution in [-0.2, 0) is 0 Å². The lowest BCUT2D eigenvalue weighted by Crippen LogP contribution is -2.12. The molecule has 0 radical (unpaired) electrons. The highest BCUT2D eigenvalue weighted by atomic mass is 16.4. The van der Waals surface area contributed by atoms with Gasteiger partial charge in [-0.15, -0.1) is 10.2 Å². The first kappa shape index (κ1) is 15.1. The van der Waals surface area contributed by atoms with Crippen LogP contribution in [0.1, 0.15) is 17.5 Å². The Balaban J connectivity index is 1.70. The smallest absolute Gasteiger partial charge is 0.247 e. The van der Waals surface area contributed by atoms with Crippen molar-refractivity contribution in [2.24, 2.45) is 0 Å². The van der Waals surface area contributed by atoms with E-state index in [0.29, 0.717) is 11.8 Å². The predicted octanol–water partition coefficient (Wildman–Crippen LogP) is 4.94. The molecule has 0 bridgehead atoms. The number of para-hydroxylation sites is 1. The first-order valence-corrected chi connectivity index (χ1v) is 8.15. The largest absolute Gasteiger partial charge is 0.418 e. The van der Waals surface area contributed by atoms with Crippen molar-refractivity contribution in [1.82, 2.24) is 10.2 Å². The third kappa shape index (κ3) is 3.43. The Hall–Kier alpha value is -3.40. The topological polar surface area (TPSA) is 51.0 Å². The van der Waals surface area contributed by atoms with Crippen LogP contribution in [0.3, 0.4) is 0 Å². The van der Waals surface area contributed by atoms with Crippen molar-refractivity contribution in [2.75, 3.05) is 5.32 Å². The molecule has 122 valence electrons. The maximum absolute atomic E-state index is 5.97. The molecule has 4 rings (SSSR count). The van der Waals surface area contributed by atoms with E-state index in [1.165, 1.54) is 0 Å². The minimum atomic E-state index is -0.214. The summed E-state index contributed by atoms with van der Waals surface area (Å²) in [5.74, 6) is 1.06. The van der Waals surface area contributed by atoms with Gasteiger partial charge < -0.3 is 9.73 Å². The molecule has 0 saturated carbocycles. The molecule has 1 atom stereocenters. The average molecular weight is 327 g/mol. The maximum Gasteiger partial charge on any atom is 0.247 e. The van der Waals surface area contributed by atoms with Gasteiger partial charge in [0.2, 0.25) is 11.8 Å². The molecule has 25 heavy (non-hydrogen) atoms. The highest BCUT2D eigenvalue weighted by Gasteiger charge is 2.21. The molecule has 1 heterocycles. The zero-order chi connectivity index (χ0) is 16.9. The van der Waals surface area contributed by atoms with Crippen molar-refractivity contribution in [3.05, 3.63) is 102 Å². The van der Waals surface area contributed by atoms with Crippen molar-refractivity contribution in [3.63, 3.8) is 0 Å². The van der Waals surface area contributed by atoms with Gasteiger partial charge in [-0.3, -0.25) is 0 Å². The van der Waals surface area contributed by atoms with E-state index in [-0.39, 0.29) is 6.04 Å². The van der Waals surface area contributed by atoms with E-state index in [1.54, 1.807) is 0 Å². The van der Waals surface area contributed by atoms with Crippen molar-refractivity contribution >= 4 is 5.69 Å². The SMILES string of the molecule is c1ccc(N[C@H](c2ccccc2)c2nnc(-c3ccccc3)o2)cc1. The summed E-state index contributed by atoms with van der Waals surface area (Å²) in [5, 5.41) is 12.0. The molecule has 1 N–H and O–H groups in total. The molecular weight excluding hydrogens is 310 g/mol. The van der Waals surface area contributed by atoms with Crippen LogP contribution in [0.5, 0.6) is 0 Å². The molecular formula is C21H17N3O. The summed E-state index contributed by atoms with van der Waals surface area (Å²) >= 11 is 0. The van der Waals surface area contributed by atoms with Crippen LogP contribution < -0.4 is 5.32 Å². The lowest BCUT2D eigenvalue weighted by atomic mass is 10.1. The number of rotatable bonds is 5. The monoisotopic (exact) mass is 327 g/mol. The molecule has 1 aromatic heterocycles. The van der Waals surface area contributed by atoms with Crippen LogP contribution in [-0.4, -0.2) is 10.2 Å². The zero-order valence-electron chi connectivity index (χ0n) is 13.5. The minimum Gasteiger partial charge on any atom is -0.418 e. The summed E-state index contributed by atoms with van der Waals surface area (Å²) in [6.07, 6.45) is 0. The van der Waals surface area contributed by atoms with E-state index in [4.69, 9.17) is 4.42 Å². The molecule has 4 heteroatoms. The van der Waals surface area contributed by atoms with Crippen molar-refractivity contribution in [1.29, 1.82) is 0 Å². The van der Waals surface area contributed by atoms with Crippen molar-refractivity contribution < 1.29 is 4.42 Å². The van der Waals surface area contributed by atoms with E-state index in [1.807, 2.05) is 91.0 Å². The second kappa shape index (κ2) is 7.01. The number of benzene rings is 3. The Morgan fingerprint density at radius 3 is 1.96 bits per heavy atom. The van der Waals surface area contributed by atoms with Crippen molar-refractivity contribution in [3.8, 4) is 11.5 Å². The van der Waals surface area contributed by atoms with Gasteiger partial charge in [-0.25, -0.2) is 0 Å². The van der Waals surface area contributed by atoms with E-state index >= 15 is 0 Å². The van der Waals surface area contributed by atoms with Gasteiger partial charge in [-0.1, -0.05) is 66.7 Å². The zero-order valence-corrected chi connectivity index (χ0v) is 13.5. The Morgan fingerprint density at radius 2 is 1.28 bits per heavy atom. The molecule has 0 aliphatic carbocycles. The summed E-state index contributed by atoms with van der Waals surface area (Å²) in [5.41, 5.74) is 2.97. The van der Waals surface area contributed by atoms with Gasteiger partial charge in [0.1, 0.15) is 6.04 Å². The second-order valence-electron chi connectivity index (χ2n) is 5.67. The lowest BCUT2D eigenvalue weighted by Gasteiger charge is -2.16. The predicted molar refractivity (Wildman–Crippen MR) is 98.1 cm³/mol. The Kier molecular flexibility index (Phi) is 4.25. The van der Waals surface area contributed by atoms with Gasteiger partial charge in [0.15, 0.2) is 0 Å². The van der Waals surface area contributed by atoms with Gasteiger partial charge >= 0.3 is 0 Å². The number of nitrogens with one attached hydrogen (secondary N) is 1. The molecule has 0 saturated heterocycles. The van der Waals surface area contributed by atoms with Gasteiger partial charge in [-0.2, -0.15) is 0 Å². The normalized spacial score (nSPS) is 11.8. The van der Waals surface area contributed by atoms with E-state index < -0.39 is 0 Å². The molecule has 3 aromatic carbocycles. The first-order valence-electron chi connectivity index (χ1n) is 8.15. The summed E-state index contributed by atoms with van der Waals surface area (Å²) in [6.45, 7) is 0. The van der Waals surface area contributed by atoms with Crippen LogP contribution in [0.4, 0.5) is 5.69 Å². The fourth-order valence-corrected chi connectivity index (χ4v) is 2.68. The summed E-state index contributed by atoms with van der Waals surface area (Å²) in [4.78, 5) is 0. The van der Waals surface area contributed by atoms with Crippen LogP contribution in [0.15, 0.2) is 95.4 Å². The van der Waals surface area contributed by atoms with E-state index in [0.717, 1.165) is 16.8 Å². The van der Waals surface area contributed by atoms with Crippen molar-refractivity contribution in [2.45, 2.75) is 6.04 Å². The summed E-state index contributed by atoms with van der Waals surface area (Å²) in [7, 11) is 0. The van der Waals surface area contributed by atoms with Crippen LogP contribution >= 0.6 is 0 Å². The molecule has 0 fully saturated rings. The third-order valence-corrected chi connectivity index (χ3v) is 3.93. The molecule has 4 nitrogen and oxygen atoms in total. The Morgan fingerprint density at radius 1 is 0.680 bits per heavy atom. The fraction of sp³-hybridized carbons (Fsp3) is 0.0476. The lowest BCUT2D eigenvalue weighted by molar-refractivity contribution is 0.494. The molecule has 0 spiro atoms. The first-order chi connectivity index (χ1) is 12.4. The average Bonchev–Trinajstić information content (AvgIpc) is 3.18. The highest BCUT2D eigenvalue weighted by molar-refractivity contribution is 5.52. The summed E-state index contributed by atoms with van der Waals surface area (Å²) in [6, 6.07) is 29.7. The minimum absolute atomic E-state index is 0.214. The highest BCUT2D eigenvalue weighted by Crippen LogP contribution is 2.28. The maximum atomic E-state index is 5.97. The molecule has 4 aromatic rings. The van der Waals surface area contributed by atoms with Gasteiger partial charge in [0, 0.05) is 11.3 Å². The standard InChI is InChI=1S/C21H17N3O/c1-4-10-16(11-5-1)19(22-18-14-8-3-9-15-18)21-24-23-20(25-21)17-12-6-2-7-13-17/h1-15,19,22H/t19-/m1/s1. The fourth-order valence-electron chi connectivity index (χ4n) is 2.68. The quantitative estimate of drug-likeness (QED) is 0.564. The molecule has 0 unspecified atom stereocenters. The second-order valence-corrected chi connectivity index (χ2v) is 5.67. The van der Waals surface area contributed by atoms with Crippen LogP contribution in [0, 0.1) is 0 Å². The van der Waals surface area contributed by atoms with Gasteiger partial charge in [-0.05, 0) is 29.8 Å². The Labute approximate surface area is 146 Å². The molecule has 0 amide bonds. The third-order valence-electron chi connectivity index (χ3n) is 3.93. The number of hydrogen-bond acceptors (Lipinski definition) is 4. The van der Waals surface area contributed by atoms with Gasteiger partial charge in [0.05, 0.1) is 0 Å². The number of nitrogens with zero attached hydrogens (tertiary/aromatic N) is 2.